The summed E-state index contributed by atoms with van der Waals surface area (Å²) in [6, 6.07) is 4.49. The van der Waals surface area contributed by atoms with E-state index in [1.165, 1.54) is 12.1 Å². The number of nitrogens with two attached hydrogens (primary N) is 1. The second-order valence-corrected chi connectivity index (χ2v) is 4.42. The van der Waals surface area contributed by atoms with Crippen LogP contribution in [0, 0.1) is 18.6 Å². The summed E-state index contributed by atoms with van der Waals surface area (Å²) < 4.78 is 26.5. The monoisotopic (exact) mass is 263 g/mol. The average molecular weight is 263 g/mol. The first-order chi connectivity index (χ1) is 9.01. The Morgan fingerprint density at radius 2 is 1.74 bits per heavy atom. The van der Waals surface area contributed by atoms with Crippen LogP contribution in [0.2, 0.25) is 0 Å². The summed E-state index contributed by atoms with van der Waals surface area (Å²) in [6.45, 7) is 3.73. The lowest BCUT2D eigenvalue weighted by atomic mass is 9.97. The van der Waals surface area contributed by atoms with Gasteiger partial charge in [-0.05, 0) is 42.7 Å². The Balaban J connectivity index is 2.48. The summed E-state index contributed by atoms with van der Waals surface area (Å²) >= 11 is 0. The predicted octanol–water partition coefficient (Wildman–Crippen LogP) is 2.67. The van der Waals surface area contributed by atoms with Crippen molar-refractivity contribution in [2.45, 2.75) is 26.3 Å². The number of hydrogen-bond donors (Lipinski definition) is 1. The van der Waals surface area contributed by atoms with E-state index in [0.717, 1.165) is 23.0 Å². The molecule has 1 aromatic heterocycles. The molecule has 0 aliphatic carbocycles. The number of benzene rings is 1. The summed E-state index contributed by atoms with van der Waals surface area (Å²) in [5.74, 6) is -1.27. The molecule has 19 heavy (non-hydrogen) atoms. The van der Waals surface area contributed by atoms with Gasteiger partial charge in [-0.25, -0.2) is 8.78 Å². The van der Waals surface area contributed by atoms with E-state index in [0.29, 0.717) is 12.0 Å². The molecule has 2 rings (SSSR count). The van der Waals surface area contributed by atoms with Gasteiger partial charge in [-0.2, -0.15) is 10.2 Å². The van der Waals surface area contributed by atoms with Crippen LogP contribution in [0.4, 0.5) is 8.78 Å². The minimum atomic E-state index is -0.637. The molecule has 0 amide bonds. The molecule has 0 fully saturated rings. The van der Waals surface area contributed by atoms with Gasteiger partial charge in [0, 0.05) is 6.07 Å². The third kappa shape index (κ3) is 2.93. The molecule has 1 heterocycles. The molecule has 0 aliphatic rings. The van der Waals surface area contributed by atoms with Gasteiger partial charge in [-0.1, -0.05) is 6.92 Å². The van der Waals surface area contributed by atoms with Gasteiger partial charge < -0.3 is 5.73 Å². The third-order valence-electron chi connectivity index (χ3n) is 2.94. The fourth-order valence-electron chi connectivity index (χ4n) is 2.01. The van der Waals surface area contributed by atoms with Gasteiger partial charge in [0.05, 0.1) is 17.4 Å². The van der Waals surface area contributed by atoms with E-state index in [2.05, 4.69) is 10.2 Å². The molecular weight excluding hydrogens is 248 g/mol. The van der Waals surface area contributed by atoms with E-state index in [1.807, 2.05) is 6.92 Å². The van der Waals surface area contributed by atoms with Crippen LogP contribution in [0.1, 0.15) is 35.5 Å². The zero-order valence-electron chi connectivity index (χ0n) is 10.8. The minimum Gasteiger partial charge on any atom is -0.320 e. The fraction of sp³-hybridized carbons (Fsp3) is 0.286. The molecule has 0 saturated carbocycles. The first kappa shape index (κ1) is 13.5. The Bertz CT molecular complexity index is 579. The SMILES string of the molecule is CCc1nnc(C)cc1C(N)c1cc(F)cc(F)c1. The molecule has 1 unspecified atom stereocenters. The van der Waals surface area contributed by atoms with E-state index < -0.39 is 17.7 Å². The summed E-state index contributed by atoms with van der Waals surface area (Å²) in [4.78, 5) is 0. The minimum absolute atomic E-state index is 0.389. The molecule has 0 radical (unpaired) electrons. The van der Waals surface area contributed by atoms with Crippen molar-refractivity contribution in [3.63, 3.8) is 0 Å². The van der Waals surface area contributed by atoms with Gasteiger partial charge in [-0.15, -0.1) is 0 Å². The number of halogens is 2. The van der Waals surface area contributed by atoms with Gasteiger partial charge in [0.15, 0.2) is 0 Å². The molecule has 0 saturated heterocycles. The molecule has 2 N–H and O–H groups in total. The van der Waals surface area contributed by atoms with Crippen molar-refractivity contribution >= 4 is 0 Å². The second kappa shape index (κ2) is 5.40. The van der Waals surface area contributed by atoms with Crippen LogP contribution in [0.15, 0.2) is 24.3 Å². The predicted molar refractivity (Wildman–Crippen MR) is 68.5 cm³/mol. The van der Waals surface area contributed by atoms with Crippen LogP contribution in [-0.2, 0) is 6.42 Å². The Hall–Kier alpha value is -1.88. The van der Waals surface area contributed by atoms with Gasteiger partial charge >= 0.3 is 0 Å². The number of aryl methyl sites for hydroxylation is 2. The zero-order chi connectivity index (χ0) is 14.0. The number of nitrogens with zero attached hydrogens (tertiary/aromatic N) is 2. The lowest BCUT2D eigenvalue weighted by molar-refractivity contribution is 0.577. The molecular formula is C14H15F2N3. The Morgan fingerprint density at radius 3 is 2.32 bits per heavy atom. The summed E-state index contributed by atoms with van der Waals surface area (Å²) in [5.41, 5.74) is 8.70. The summed E-state index contributed by atoms with van der Waals surface area (Å²) in [7, 11) is 0. The second-order valence-electron chi connectivity index (χ2n) is 4.42. The molecule has 0 aliphatic heterocycles. The van der Waals surface area contributed by atoms with Gasteiger partial charge in [-0.3, -0.25) is 0 Å². The molecule has 0 bridgehead atoms. The Labute approximate surface area is 110 Å². The normalized spacial score (nSPS) is 12.5. The highest BCUT2D eigenvalue weighted by molar-refractivity contribution is 5.34. The maximum Gasteiger partial charge on any atom is 0.126 e. The van der Waals surface area contributed by atoms with Gasteiger partial charge in [0.2, 0.25) is 0 Å². The summed E-state index contributed by atoms with van der Waals surface area (Å²) in [5, 5.41) is 8.04. The fourth-order valence-corrected chi connectivity index (χ4v) is 2.01. The molecule has 100 valence electrons. The van der Waals surface area contributed by atoms with Crippen LogP contribution in [0.5, 0.6) is 0 Å². The topological polar surface area (TPSA) is 51.8 Å². The zero-order valence-corrected chi connectivity index (χ0v) is 10.8. The molecule has 3 nitrogen and oxygen atoms in total. The van der Waals surface area contributed by atoms with E-state index in [4.69, 9.17) is 5.73 Å². The first-order valence-corrected chi connectivity index (χ1v) is 6.06. The highest BCUT2D eigenvalue weighted by Gasteiger charge is 2.16. The highest BCUT2D eigenvalue weighted by Crippen LogP contribution is 2.24. The van der Waals surface area contributed by atoms with Crippen molar-refractivity contribution in [2.75, 3.05) is 0 Å². The number of rotatable bonds is 3. The van der Waals surface area contributed by atoms with Gasteiger partial charge in [0.1, 0.15) is 11.6 Å². The number of hydrogen-bond acceptors (Lipinski definition) is 3. The standard InChI is InChI=1S/C14H15F2N3/c1-3-13-12(4-8(2)18-19-13)14(17)9-5-10(15)7-11(16)6-9/h4-7,14H,3,17H2,1-2H3. The van der Waals surface area contributed by atoms with Crippen molar-refractivity contribution in [1.82, 2.24) is 10.2 Å². The maximum absolute atomic E-state index is 13.2. The summed E-state index contributed by atoms with van der Waals surface area (Å²) in [6.07, 6.45) is 0.661. The lowest BCUT2D eigenvalue weighted by Gasteiger charge is -2.16. The van der Waals surface area contributed by atoms with Crippen LogP contribution in [0.3, 0.4) is 0 Å². The van der Waals surface area contributed by atoms with Crippen molar-refractivity contribution in [3.8, 4) is 0 Å². The molecule has 1 atom stereocenters. The van der Waals surface area contributed by atoms with Crippen molar-refractivity contribution < 1.29 is 8.78 Å². The quantitative estimate of drug-likeness (QED) is 0.926. The highest BCUT2D eigenvalue weighted by atomic mass is 19.1. The molecule has 1 aromatic carbocycles. The van der Waals surface area contributed by atoms with E-state index in [1.54, 1.807) is 13.0 Å². The third-order valence-corrected chi connectivity index (χ3v) is 2.94. The van der Waals surface area contributed by atoms with Crippen LogP contribution < -0.4 is 5.73 Å². The van der Waals surface area contributed by atoms with Crippen molar-refractivity contribution in [1.29, 1.82) is 0 Å². The van der Waals surface area contributed by atoms with Gasteiger partial charge in [0.25, 0.3) is 0 Å². The number of aromatic nitrogens is 2. The van der Waals surface area contributed by atoms with Crippen LogP contribution >= 0.6 is 0 Å². The van der Waals surface area contributed by atoms with E-state index >= 15 is 0 Å². The van der Waals surface area contributed by atoms with Crippen LogP contribution in [-0.4, -0.2) is 10.2 Å². The molecule has 5 heteroatoms. The average Bonchev–Trinajstić information content (AvgIpc) is 2.36. The van der Waals surface area contributed by atoms with Crippen LogP contribution in [0.25, 0.3) is 0 Å². The first-order valence-electron chi connectivity index (χ1n) is 6.06. The van der Waals surface area contributed by atoms with Crippen molar-refractivity contribution in [2.24, 2.45) is 5.73 Å². The molecule has 2 aromatic rings. The van der Waals surface area contributed by atoms with E-state index in [9.17, 15) is 8.78 Å². The van der Waals surface area contributed by atoms with E-state index in [-0.39, 0.29) is 0 Å². The lowest BCUT2D eigenvalue weighted by Crippen LogP contribution is -2.16. The Kier molecular flexibility index (Phi) is 3.85. The van der Waals surface area contributed by atoms with Crippen molar-refractivity contribution in [3.05, 3.63) is 58.4 Å². The largest absolute Gasteiger partial charge is 0.320 e. The Morgan fingerprint density at radius 1 is 1.11 bits per heavy atom. The molecule has 0 spiro atoms. The smallest absolute Gasteiger partial charge is 0.126 e. The maximum atomic E-state index is 13.2.